The van der Waals surface area contributed by atoms with Gasteiger partial charge in [0.05, 0.1) is 19.2 Å². The molecule has 3 rings (SSSR count). The van der Waals surface area contributed by atoms with Gasteiger partial charge in [-0.25, -0.2) is 0 Å². The fourth-order valence-corrected chi connectivity index (χ4v) is 3.54. The average Bonchev–Trinajstić information content (AvgIpc) is 2.71. The van der Waals surface area contributed by atoms with Gasteiger partial charge in [-0.15, -0.1) is 0 Å². The summed E-state index contributed by atoms with van der Waals surface area (Å²) >= 11 is 5.45. The van der Waals surface area contributed by atoms with Gasteiger partial charge in [0.2, 0.25) is 0 Å². The SMILES string of the molecule is COC(=O)Cc1ccc(NC(=S)NC2CCN(Cc3ccccn3)CC2)cc1. The Morgan fingerprint density at radius 1 is 1.21 bits per heavy atom. The van der Waals surface area contributed by atoms with Gasteiger partial charge in [-0.05, 0) is 54.9 Å². The van der Waals surface area contributed by atoms with Crippen molar-refractivity contribution in [3.05, 3.63) is 59.9 Å². The molecule has 7 heteroatoms. The first-order valence-electron chi connectivity index (χ1n) is 9.48. The van der Waals surface area contributed by atoms with Gasteiger partial charge in [0.15, 0.2) is 5.11 Å². The molecule has 0 saturated carbocycles. The number of anilines is 1. The first-order chi connectivity index (χ1) is 13.6. The number of nitrogens with one attached hydrogen (secondary N) is 2. The second kappa shape index (κ2) is 10.1. The summed E-state index contributed by atoms with van der Waals surface area (Å²) in [5, 5.41) is 7.26. The van der Waals surface area contributed by atoms with Crippen molar-refractivity contribution in [3.63, 3.8) is 0 Å². The van der Waals surface area contributed by atoms with E-state index in [2.05, 4.69) is 31.3 Å². The molecular weight excluding hydrogens is 372 g/mol. The monoisotopic (exact) mass is 398 g/mol. The second-order valence-corrected chi connectivity index (χ2v) is 7.33. The molecule has 1 aliphatic heterocycles. The van der Waals surface area contributed by atoms with E-state index in [0.717, 1.165) is 49.4 Å². The number of likely N-dealkylation sites (tertiary alicyclic amines) is 1. The van der Waals surface area contributed by atoms with Crippen LogP contribution in [0.4, 0.5) is 5.69 Å². The topological polar surface area (TPSA) is 66.5 Å². The minimum Gasteiger partial charge on any atom is -0.469 e. The minimum atomic E-state index is -0.243. The lowest BCUT2D eigenvalue weighted by Gasteiger charge is -2.32. The van der Waals surface area contributed by atoms with Crippen molar-refractivity contribution in [3.8, 4) is 0 Å². The van der Waals surface area contributed by atoms with E-state index in [9.17, 15) is 4.79 Å². The van der Waals surface area contributed by atoms with Crippen LogP contribution in [0.3, 0.4) is 0 Å². The third kappa shape index (κ3) is 6.28. The number of hydrogen-bond acceptors (Lipinski definition) is 5. The minimum absolute atomic E-state index is 0.243. The van der Waals surface area contributed by atoms with Crippen molar-refractivity contribution in [2.45, 2.75) is 31.8 Å². The van der Waals surface area contributed by atoms with E-state index in [-0.39, 0.29) is 12.4 Å². The lowest BCUT2D eigenvalue weighted by molar-refractivity contribution is -0.139. The van der Waals surface area contributed by atoms with Crippen molar-refractivity contribution in [2.24, 2.45) is 0 Å². The second-order valence-electron chi connectivity index (χ2n) is 6.92. The number of nitrogens with zero attached hydrogens (tertiary/aromatic N) is 2. The van der Waals surface area contributed by atoms with Crippen molar-refractivity contribution >= 4 is 29.0 Å². The normalized spacial score (nSPS) is 15.0. The quantitative estimate of drug-likeness (QED) is 0.573. The molecule has 1 fully saturated rings. The molecule has 2 N–H and O–H groups in total. The van der Waals surface area contributed by atoms with Gasteiger partial charge in [-0.1, -0.05) is 18.2 Å². The number of carbonyl (C=O) groups is 1. The lowest BCUT2D eigenvalue weighted by atomic mass is 10.1. The zero-order valence-corrected chi connectivity index (χ0v) is 16.9. The molecule has 0 aliphatic carbocycles. The first kappa shape index (κ1) is 20.2. The Morgan fingerprint density at radius 3 is 2.61 bits per heavy atom. The van der Waals surface area contributed by atoms with Gasteiger partial charge in [-0.3, -0.25) is 14.7 Å². The van der Waals surface area contributed by atoms with Crippen LogP contribution in [0.25, 0.3) is 0 Å². The highest BCUT2D eigenvalue weighted by Gasteiger charge is 2.20. The van der Waals surface area contributed by atoms with Gasteiger partial charge >= 0.3 is 5.97 Å². The summed E-state index contributed by atoms with van der Waals surface area (Å²) in [7, 11) is 1.39. The molecule has 6 nitrogen and oxygen atoms in total. The van der Waals surface area contributed by atoms with Crippen LogP contribution in [0.15, 0.2) is 48.7 Å². The number of hydrogen-bond donors (Lipinski definition) is 2. The predicted octanol–water partition coefficient (Wildman–Crippen LogP) is 2.75. The lowest BCUT2D eigenvalue weighted by Crippen LogP contribution is -2.45. The Morgan fingerprint density at radius 2 is 1.96 bits per heavy atom. The fraction of sp³-hybridized carbons (Fsp3) is 0.381. The number of benzene rings is 1. The van der Waals surface area contributed by atoms with E-state index < -0.39 is 0 Å². The molecule has 2 heterocycles. The molecule has 1 aromatic carbocycles. The van der Waals surface area contributed by atoms with Gasteiger partial charge in [0.25, 0.3) is 0 Å². The fourth-order valence-electron chi connectivity index (χ4n) is 3.25. The first-order valence-corrected chi connectivity index (χ1v) is 9.89. The molecule has 0 radical (unpaired) electrons. The van der Waals surface area contributed by atoms with Crippen LogP contribution in [0.2, 0.25) is 0 Å². The molecule has 1 saturated heterocycles. The molecular formula is C21H26N4O2S. The molecule has 0 unspecified atom stereocenters. The number of thiocarbonyl (C=S) groups is 1. The number of ether oxygens (including phenoxy) is 1. The molecule has 148 valence electrons. The van der Waals surface area contributed by atoms with Crippen LogP contribution in [-0.2, 0) is 22.5 Å². The summed E-state index contributed by atoms with van der Waals surface area (Å²) < 4.78 is 4.68. The van der Waals surface area contributed by atoms with E-state index in [1.165, 1.54) is 7.11 Å². The third-order valence-electron chi connectivity index (χ3n) is 4.82. The van der Waals surface area contributed by atoms with Gasteiger partial charge in [-0.2, -0.15) is 0 Å². The Hall–Kier alpha value is -2.51. The molecule has 0 spiro atoms. The Bertz CT molecular complexity index is 775. The highest BCUT2D eigenvalue weighted by Crippen LogP contribution is 2.14. The van der Waals surface area contributed by atoms with E-state index >= 15 is 0 Å². The van der Waals surface area contributed by atoms with Crippen molar-refractivity contribution < 1.29 is 9.53 Å². The summed E-state index contributed by atoms with van der Waals surface area (Å²) in [6.45, 7) is 2.95. The Balaban J connectivity index is 1.40. The van der Waals surface area contributed by atoms with Crippen LogP contribution < -0.4 is 10.6 Å². The van der Waals surface area contributed by atoms with Gasteiger partial charge in [0, 0.05) is 37.6 Å². The number of carbonyl (C=O) groups excluding carboxylic acids is 1. The van der Waals surface area contributed by atoms with Crippen LogP contribution >= 0.6 is 12.2 Å². The van der Waals surface area contributed by atoms with Crippen LogP contribution in [0.5, 0.6) is 0 Å². The summed E-state index contributed by atoms with van der Waals surface area (Å²) in [5.41, 5.74) is 2.93. The van der Waals surface area contributed by atoms with Crippen LogP contribution in [-0.4, -0.2) is 47.2 Å². The van der Waals surface area contributed by atoms with Crippen LogP contribution in [0.1, 0.15) is 24.1 Å². The number of rotatable bonds is 6. The van der Waals surface area contributed by atoms with Crippen molar-refractivity contribution in [2.75, 3.05) is 25.5 Å². The van der Waals surface area contributed by atoms with Crippen molar-refractivity contribution in [1.82, 2.24) is 15.2 Å². The van der Waals surface area contributed by atoms with E-state index in [1.54, 1.807) is 0 Å². The molecule has 28 heavy (non-hydrogen) atoms. The molecule has 2 aromatic rings. The Kier molecular flexibility index (Phi) is 7.33. The molecule has 0 bridgehead atoms. The molecule has 1 aliphatic rings. The van der Waals surface area contributed by atoms with E-state index in [0.29, 0.717) is 11.2 Å². The highest BCUT2D eigenvalue weighted by atomic mass is 32.1. The smallest absolute Gasteiger partial charge is 0.309 e. The number of pyridine rings is 1. The summed E-state index contributed by atoms with van der Waals surface area (Å²) in [5.74, 6) is -0.243. The Labute approximate surface area is 171 Å². The van der Waals surface area contributed by atoms with Crippen molar-refractivity contribution in [1.29, 1.82) is 0 Å². The number of piperidine rings is 1. The summed E-state index contributed by atoms with van der Waals surface area (Å²) in [6.07, 6.45) is 4.21. The van der Waals surface area contributed by atoms with E-state index in [4.69, 9.17) is 12.2 Å². The third-order valence-corrected chi connectivity index (χ3v) is 5.04. The zero-order chi connectivity index (χ0) is 19.8. The average molecular weight is 399 g/mol. The summed E-state index contributed by atoms with van der Waals surface area (Å²) in [6, 6.07) is 14.1. The maximum Gasteiger partial charge on any atom is 0.309 e. The molecule has 1 aromatic heterocycles. The predicted molar refractivity (Wildman–Crippen MR) is 114 cm³/mol. The number of methoxy groups -OCH3 is 1. The highest BCUT2D eigenvalue weighted by molar-refractivity contribution is 7.80. The van der Waals surface area contributed by atoms with Gasteiger partial charge in [0.1, 0.15) is 0 Å². The van der Waals surface area contributed by atoms with Gasteiger partial charge < -0.3 is 15.4 Å². The molecule has 0 atom stereocenters. The number of aromatic nitrogens is 1. The standard InChI is InChI=1S/C21H26N4O2S/c1-27-20(26)14-16-5-7-17(8-6-16)23-21(28)24-18-9-12-25(13-10-18)15-19-4-2-3-11-22-19/h2-8,11,18H,9-10,12-15H2,1H3,(H2,23,24,28). The maximum atomic E-state index is 11.3. The number of esters is 1. The zero-order valence-electron chi connectivity index (χ0n) is 16.1. The van der Waals surface area contributed by atoms with Crippen LogP contribution in [0, 0.1) is 0 Å². The largest absolute Gasteiger partial charge is 0.469 e. The summed E-state index contributed by atoms with van der Waals surface area (Å²) in [4.78, 5) is 18.1. The van der Waals surface area contributed by atoms with E-state index in [1.807, 2.05) is 42.6 Å². The maximum absolute atomic E-state index is 11.3. The molecule has 0 amide bonds.